The van der Waals surface area contributed by atoms with Crippen LogP contribution in [0.25, 0.3) is 0 Å². The van der Waals surface area contributed by atoms with E-state index in [2.05, 4.69) is 5.32 Å². The Kier molecular flexibility index (Phi) is 6.70. The Balaban J connectivity index is 3.95. The molecule has 1 amide bonds. The van der Waals surface area contributed by atoms with Crippen LogP contribution in [-0.4, -0.2) is 34.7 Å². The summed E-state index contributed by atoms with van der Waals surface area (Å²) in [5, 5.41) is 19.8. The number of amides is 1. The maximum Gasteiger partial charge on any atom is 0.326 e. The van der Waals surface area contributed by atoms with E-state index in [4.69, 9.17) is 10.2 Å². The van der Waals surface area contributed by atoms with Crippen molar-refractivity contribution in [2.75, 3.05) is 6.61 Å². The summed E-state index contributed by atoms with van der Waals surface area (Å²) < 4.78 is 0. The van der Waals surface area contributed by atoms with Gasteiger partial charge in [-0.05, 0) is 18.8 Å². The van der Waals surface area contributed by atoms with Crippen LogP contribution >= 0.6 is 0 Å². The summed E-state index contributed by atoms with van der Waals surface area (Å²) in [6.45, 7) is 3.54. The van der Waals surface area contributed by atoms with Crippen LogP contribution in [0.4, 0.5) is 0 Å². The second-order valence-corrected chi connectivity index (χ2v) is 3.81. The van der Waals surface area contributed by atoms with Gasteiger partial charge in [-0.3, -0.25) is 4.79 Å². The molecule has 0 heterocycles. The molecule has 0 aliphatic heterocycles. The lowest BCUT2D eigenvalue weighted by molar-refractivity contribution is -0.143. The number of nitrogens with one attached hydrogen (secondary N) is 1. The zero-order chi connectivity index (χ0) is 11.8. The molecule has 0 saturated heterocycles. The van der Waals surface area contributed by atoms with Gasteiger partial charge >= 0.3 is 5.97 Å². The number of aliphatic hydroxyl groups is 1. The summed E-state index contributed by atoms with van der Waals surface area (Å²) >= 11 is 0. The van der Waals surface area contributed by atoms with Gasteiger partial charge in [-0.1, -0.05) is 13.8 Å². The van der Waals surface area contributed by atoms with Gasteiger partial charge in [0.15, 0.2) is 0 Å². The molecule has 0 aliphatic carbocycles. The molecular weight excluding hydrogens is 198 g/mol. The molecule has 5 nitrogen and oxygen atoms in total. The Bertz CT molecular complexity index is 215. The summed E-state index contributed by atoms with van der Waals surface area (Å²) in [6.07, 6.45) is 1.40. The molecule has 0 aromatic carbocycles. The molecule has 0 rings (SSSR count). The number of carbonyl (C=O) groups is 2. The summed E-state index contributed by atoms with van der Waals surface area (Å²) in [6, 6.07) is -0.827. The minimum absolute atomic E-state index is 0.0554. The van der Waals surface area contributed by atoms with Crippen molar-refractivity contribution in [3.63, 3.8) is 0 Å². The van der Waals surface area contributed by atoms with Crippen LogP contribution in [-0.2, 0) is 9.59 Å². The molecule has 0 radical (unpaired) electrons. The highest BCUT2D eigenvalue weighted by atomic mass is 16.4. The Morgan fingerprint density at radius 2 is 1.87 bits per heavy atom. The summed E-state index contributed by atoms with van der Waals surface area (Å²) in [5.74, 6) is -1.42. The average Bonchev–Trinajstić information content (AvgIpc) is 2.13. The molecule has 15 heavy (non-hydrogen) atoms. The molecule has 1 unspecified atom stereocenters. The van der Waals surface area contributed by atoms with Crippen LogP contribution in [0.15, 0.2) is 0 Å². The zero-order valence-corrected chi connectivity index (χ0v) is 9.19. The van der Waals surface area contributed by atoms with Gasteiger partial charge in [0, 0.05) is 13.0 Å². The van der Waals surface area contributed by atoms with Gasteiger partial charge in [0.25, 0.3) is 0 Å². The van der Waals surface area contributed by atoms with Gasteiger partial charge in [0.2, 0.25) is 5.91 Å². The first-order valence-corrected chi connectivity index (χ1v) is 5.12. The predicted molar refractivity (Wildman–Crippen MR) is 55.3 cm³/mol. The smallest absolute Gasteiger partial charge is 0.326 e. The third kappa shape index (κ3) is 6.06. The second kappa shape index (κ2) is 7.23. The fraction of sp³-hybridized carbons (Fsp3) is 0.800. The van der Waals surface area contributed by atoms with Crippen molar-refractivity contribution in [1.29, 1.82) is 0 Å². The number of aliphatic carboxylic acids is 1. The largest absolute Gasteiger partial charge is 0.480 e. The van der Waals surface area contributed by atoms with Crippen LogP contribution < -0.4 is 5.32 Å². The quantitative estimate of drug-likeness (QED) is 0.538. The van der Waals surface area contributed by atoms with E-state index in [0.29, 0.717) is 12.8 Å². The van der Waals surface area contributed by atoms with E-state index in [0.717, 1.165) is 0 Å². The number of carbonyl (C=O) groups excluding carboxylic acids is 1. The average molecular weight is 217 g/mol. The highest BCUT2D eigenvalue weighted by Crippen LogP contribution is 2.03. The van der Waals surface area contributed by atoms with E-state index in [1.807, 2.05) is 0 Å². The first-order chi connectivity index (χ1) is 6.99. The van der Waals surface area contributed by atoms with Gasteiger partial charge in [-0.15, -0.1) is 0 Å². The standard InChI is InChI=1S/C10H19NO4/c1-7(2)9(10(14)15)11-8(13)5-3-4-6-12/h7,9,12H,3-6H2,1-2H3,(H,11,13)(H,14,15). The predicted octanol–water partition coefficient (Wildman–Crippen LogP) is 0.374. The Hall–Kier alpha value is -1.10. The number of aliphatic hydroxyl groups excluding tert-OH is 1. The van der Waals surface area contributed by atoms with E-state index in [9.17, 15) is 9.59 Å². The van der Waals surface area contributed by atoms with Crippen molar-refractivity contribution in [2.24, 2.45) is 5.92 Å². The number of carboxylic acids is 1. The molecule has 0 bridgehead atoms. The van der Waals surface area contributed by atoms with Crippen LogP contribution in [0.2, 0.25) is 0 Å². The molecule has 5 heteroatoms. The van der Waals surface area contributed by atoms with E-state index < -0.39 is 12.0 Å². The first kappa shape index (κ1) is 13.9. The van der Waals surface area contributed by atoms with Gasteiger partial charge in [-0.2, -0.15) is 0 Å². The topological polar surface area (TPSA) is 86.6 Å². The molecule has 0 spiro atoms. The van der Waals surface area contributed by atoms with Crippen LogP contribution in [0.3, 0.4) is 0 Å². The Morgan fingerprint density at radius 1 is 1.27 bits per heavy atom. The molecule has 0 fully saturated rings. The molecule has 88 valence electrons. The summed E-state index contributed by atoms with van der Waals surface area (Å²) in [4.78, 5) is 22.0. The SMILES string of the molecule is CC(C)C(NC(=O)CCCCO)C(=O)O. The number of carboxylic acid groups (broad SMARTS) is 1. The van der Waals surface area contributed by atoms with Gasteiger partial charge in [-0.25, -0.2) is 4.79 Å². The van der Waals surface area contributed by atoms with Crippen molar-refractivity contribution in [3.8, 4) is 0 Å². The van der Waals surface area contributed by atoms with Gasteiger partial charge < -0.3 is 15.5 Å². The molecule has 1 atom stereocenters. The third-order valence-corrected chi connectivity index (χ3v) is 2.06. The van der Waals surface area contributed by atoms with E-state index >= 15 is 0 Å². The van der Waals surface area contributed by atoms with E-state index in [-0.39, 0.29) is 24.9 Å². The molecule has 0 aromatic heterocycles. The second-order valence-electron chi connectivity index (χ2n) is 3.81. The highest BCUT2D eigenvalue weighted by molar-refractivity contribution is 5.83. The van der Waals surface area contributed by atoms with Crippen LogP contribution in [0.1, 0.15) is 33.1 Å². The number of rotatable bonds is 7. The fourth-order valence-corrected chi connectivity index (χ4v) is 1.16. The molecule has 0 saturated carbocycles. The minimum Gasteiger partial charge on any atom is -0.480 e. The van der Waals surface area contributed by atoms with Crippen molar-refractivity contribution in [3.05, 3.63) is 0 Å². The Morgan fingerprint density at radius 3 is 2.27 bits per heavy atom. The molecule has 0 aliphatic rings. The molecule has 3 N–H and O–H groups in total. The van der Waals surface area contributed by atoms with E-state index in [1.54, 1.807) is 13.8 Å². The number of hydrogen-bond donors (Lipinski definition) is 3. The van der Waals surface area contributed by atoms with Crippen molar-refractivity contribution < 1.29 is 19.8 Å². The first-order valence-electron chi connectivity index (χ1n) is 5.12. The number of hydrogen-bond acceptors (Lipinski definition) is 3. The Labute approximate surface area is 89.5 Å². The van der Waals surface area contributed by atoms with Crippen molar-refractivity contribution in [1.82, 2.24) is 5.32 Å². The van der Waals surface area contributed by atoms with Crippen molar-refractivity contribution >= 4 is 11.9 Å². The number of unbranched alkanes of at least 4 members (excludes halogenated alkanes) is 1. The van der Waals surface area contributed by atoms with Gasteiger partial charge in [0.05, 0.1) is 0 Å². The lowest BCUT2D eigenvalue weighted by Gasteiger charge is -2.17. The summed E-state index contributed by atoms with van der Waals surface area (Å²) in [5.41, 5.74) is 0. The monoisotopic (exact) mass is 217 g/mol. The zero-order valence-electron chi connectivity index (χ0n) is 9.19. The molecule has 0 aromatic rings. The highest BCUT2D eigenvalue weighted by Gasteiger charge is 2.22. The fourth-order valence-electron chi connectivity index (χ4n) is 1.16. The van der Waals surface area contributed by atoms with Crippen LogP contribution in [0.5, 0.6) is 0 Å². The molecular formula is C10H19NO4. The lowest BCUT2D eigenvalue weighted by atomic mass is 10.0. The lowest BCUT2D eigenvalue weighted by Crippen LogP contribution is -2.44. The minimum atomic E-state index is -1.01. The third-order valence-electron chi connectivity index (χ3n) is 2.06. The maximum atomic E-state index is 11.3. The summed E-state index contributed by atoms with van der Waals surface area (Å²) in [7, 11) is 0. The normalized spacial score (nSPS) is 12.5. The van der Waals surface area contributed by atoms with E-state index in [1.165, 1.54) is 0 Å². The van der Waals surface area contributed by atoms with Crippen molar-refractivity contribution in [2.45, 2.75) is 39.2 Å². The van der Waals surface area contributed by atoms with Gasteiger partial charge in [0.1, 0.15) is 6.04 Å². The maximum absolute atomic E-state index is 11.3. The van der Waals surface area contributed by atoms with Crippen LogP contribution in [0, 0.1) is 5.92 Å².